The molecule has 1 aliphatic rings. The van der Waals surface area contributed by atoms with Crippen molar-refractivity contribution >= 4 is 33.2 Å². The van der Waals surface area contributed by atoms with Crippen LogP contribution in [-0.2, 0) is 14.8 Å². The van der Waals surface area contributed by atoms with E-state index in [4.69, 9.17) is 11.6 Å². The summed E-state index contributed by atoms with van der Waals surface area (Å²) in [6, 6.07) is 6.58. The van der Waals surface area contributed by atoms with Crippen LogP contribution in [0.5, 0.6) is 0 Å². The quantitative estimate of drug-likeness (QED) is 0.672. The van der Waals surface area contributed by atoms with Crippen LogP contribution in [0.3, 0.4) is 0 Å². The molecule has 3 rings (SSSR count). The maximum Gasteiger partial charge on any atom is 0.325 e. The molecular weight excluding hydrogens is 408 g/mol. The van der Waals surface area contributed by atoms with E-state index < -0.39 is 32.1 Å². The Morgan fingerprint density at radius 1 is 1.21 bits per heavy atom. The third-order valence-electron chi connectivity index (χ3n) is 4.54. The fourth-order valence-corrected chi connectivity index (χ4v) is 5.03. The first-order valence-electron chi connectivity index (χ1n) is 8.58. The normalized spacial score (nSPS) is 18.0. The van der Waals surface area contributed by atoms with Crippen LogP contribution in [0.1, 0.15) is 18.5 Å². The van der Waals surface area contributed by atoms with Crippen molar-refractivity contribution in [2.45, 2.75) is 24.7 Å². The van der Waals surface area contributed by atoms with Gasteiger partial charge in [-0.15, -0.1) is 0 Å². The second-order valence-corrected chi connectivity index (χ2v) is 8.87. The molecule has 28 heavy (non-hydrogen) atoms. The molecule has 1 atom stereocenters. The summed E-state index contributed by atoms with van der Waals surface area (Å²) in [4.78, 5) is 39.7. The lowest BCUT2D eigenvalue weighted by molar-refractivity contribution is -0.120. The molecule has 0 spiro atoms. The zero-order valence-corrected chi connectivity index (χ0v) is 16.6. The van der Waals surface area contributed by atoms with Gasteiger partial charge in [0.1, 0.15) is 0 Å². The van der Waals surface area contributed by atoms with Crippen LogP contribution in [0, 0.1) is 12.8 Å². The third kappa shape index (κ3) is 4.18. The van der Waals surface area contributed by atoms with Gasteiger partial charge in [-0.05, 0) is 44.0 Å². The highest BCUT2D eigenvalue weighted by Gasteiger charge is 2.35. The summed E-state index contributed by atoms with van der Waals surface area (Å²) >= 11 is 5.82. The van der Waals surface area contributed by atoms with E-state index in [1.54, 1.807) is 24.3 Å². The van der Waals surface area contributed by atoms with E-state index >= 15 is 0 Å². The zero-order chi connectivity index (χ0) is 20.5. The third-order valence-corrected chi connectivity index (χ3v) is 6.81. The summed E-state index contributed by atoms with van der Waals surface area (Å²) < 4.78 is 27.0. The Morgan fingerprint density at radius 3 is 2.54 bits per heavy atom. The molecule has 1 aromatic carbocycles. The molecule has 0 bridgehead atoms. The lowest BCUT2D eigenvalue weighted by Crippen LogP contribution is -2.45. The highest BCUT2D eigenvalue weighted by molar-refractivity contribution is 7.89. The number of carbonyl (C=O) groups is 1. The molecule has 0 unspecified atom stereocenters. The Kier molecular flexibility index (Phi) is 5.73. The highest BCUT2D eigenvalue weighted by atomic mass is 35.5. The molecule has 1 amide bonds. The number of hydrogen-bond acceptors (Lipinski definition) is 5. The molecule has 150 valence electrons. The van der Waals surface area contributed by atoms with Gasteiger partial charge in [0.25, 0.3) is 5.56 Å². The summed E-state index contributed by atoms with van der Waals surface area (Å²) in [6.07, 6.45) is 0.991. The van der Waals surface area contributed by atoms with Crippen molar-refractivity contribution in [3.05, 3.63) is 55.8 Å². The predicted octanol–water partition coefficient (Wildman–Crippen LogP) is 1.06. The Morgan fingerprint density at radius 2 is 1.89 bits per heavy atom. The van der Waals surface area contributed by atoms with Gasteiger partial charge in [0.2, 0.25) is 15.9 Å². The van der Waals surface area contributed by atoms with Crippen LogP contribution < -0.4 is 16.6 Å². The number of halogens is 1. The first kappa shape index (κ1) is 20.3. The Balaban J connectivity index is 1.81. The van der Waals surface area contributed by atoms with Gasteiger partial charge in [0, 0.05) is 29.5 Å². The van der Waals surface area contributed by atoms with Gasteiger partial charge in [0.05, 0.1) is 5.92 Å². The summed E-state index contributed by atoms with van der Waals surface area (Å²) in [7, 11) is -4.16. The van der Waals surface area contributed by atoms with E-state index in [1.165, 1.54) is 6.92 Å². The van der Waals surface area contributed by atoms with Gasteiger partial charge >= 0.3 is 5.69 Å². The van der Waals surface area contributed by atoms with E-state index in [1.807, 2.05) is 4.98 Å². The largest absolute Gasteiger partial charge is 0.326 e. The van der Waals surface area contributed by atoms with E-state index in [2.05, 4.69) is 10.3 Å². The molecule has 9 nitrogen and oxygen atoms in total. The summed E-state index contributed by atoms with van der Waals surface area (Å²) in [6.45, 7) is 1.48. The molecule has 1 aliphatic heterocycles. The average Bonchev–Trinajstić information content (AvgIpc) is 2.62. The fraction of sp³-hybridized carbons (Fsp3) is 0.353. The Bertz CT molecular complexity index is 1110. The van der Waals surface area contributed by atoms with Gasteiger partial charge in [-0.25, -0.2) is 13.2 Å². The maximum atomic E-state index is 12.9. The second-order valence-electron chi connectivity index (χ2n) is 6.56. The van der Waals surface area contributed by atoms with Crippen LogP contribution in [-0.4, -0.2) is 41.7 Å². The number of H-pyrrole nitrogens is 2. The molecule has 0 aliphatic carbocycles. The van der Waals surface area contributed by atoms with Gasteiger partial charge in [-0.2, -0.15) is 4.31 Å². The number of rotatable bonds is 4. The zero-order valence-electron chi connectivity index (χ0n) is 15.0. The number of aromatic nitrogens is 2. The summed E-state index contributed by atoms with van der Waals surface area (Å²) in [5.41, 5.74) is -1.24. The smallest absolute Gasteiger partial charge is 0.325 e. The number of benzene rings is 1. The summed E-state index contributed by atoms with van der Waals surface area (Å²) in [5, 5.41) is 3.28. The number of carbonyl (C=O) groups excluding carboxylic acids is 1. The Hall–Kier alpha value is -2.43. The number of anilines is 1. The van der Waals surface area contributed by atoms with Crippen molar-refractivity contribution in [3.63, 3.8) is 0 Å². The molecule has 11 heteroatoms. The number of nitrogens with zero attached hydrogens (tertiary/aromatic N) is 1. The lowest BCUT2D eigenvalue weighted by atomic mass is 9.99. The number of aryl methyl sites for hydroxylation is 1. The Labute approximate surface area is 165 Å². The minimum Gasteiger partial charge on any atom is -0.326 e. The molecule has 3 N–H and O–H groups in total. The van der Waals surface area contributed by atoms with E-state index in [-0.39, 0.29) is 24.7 Å². The van der Waals surface area contributed by atoms with Gasteiger partial charge in [0.15, 0.2) is 4.90 Å². The molecule has 0 saturated carbocycles. The van der Waals surface area contributed by atoms with Crippen LogP contribution in [0.4, 0.5) is 5.69 Å². The number of piperidine rings is 1. The minimum absolute atomic E-state index is 0.0403. The van der Waals surface area contributed by atoms with E-state index in [9.17, 15) is 22.8 Å². The molecule has 1 aromatic heterocycles. The van der Waals surface area contributed by atoms with Crippen molar-refractivity contribution in [1.29, 1.82) is 0 Å². The molecule has 2 aromatic rings. The summed E-state index contributed by atoms with van der Waals surface area (Å²) in [5.74, 6) is -0.879. The number of nitrogens with one attached hydrogen (secondary N) is 3. The first-order chi connectivity index (χ1) is 13.2. The predicted molar refractivity (Wildman–Crippen MR) is 104 cm³/mol. The van der Waals surface area contributed by atoms with E-state index in [0.29, 0.717) is 23.6 Å². The molecular formula is C17H19ClN4O5S. The number of sulfonamides is 1. The minimum atomic E-state index is -4.16. The first-order valence-corrected chi connectivity index (χ1v) is 10.4. The van der Waals surface area contributed by atoms with Crippen molar-refractivity contribution in [3.8, 4) is 0 Å². The molecule has 1 saturated heterocycles. The molecule has 2 heterocycles. The van der Waals surface area contributed by atoms with Crippen molar-refractivity contribution in [2.24, 2.45) is 5.92 Å². The van der Waals surface area contributed by atoms with Crippen LogP contribution >= 0.6 is 11.6 Å². The average molecular weight is 427 g/mol. The maximum absolute atomic E-state index is 12.9. The second kappa shape index (κ2) is 7.90. The molecule has 1 fully saturated rings. The SMILES string of the molecule is Cc1[nH]c(=O)[nH]c(=O)c1S(=O)(=O)N1CCC[C@@H](C(=O)Nc2ccc(Cl)cc2)C1. The van der Waals surface area contributed by atoms with Gasteiger partial charge < -0.3 is 10.3 Å². The monoisotopic (exact) mass is 426 g/mol. The van der Waals surface area contributed by atoms with Gasteiger partial charge in [-0.1, -0.05) is 11.6 Å². The van der Waals surface area contributed by atoms with E-state index in [0.717, 1.165) is 4.31 Å². The van der Waals surface area contributed by atoms with Crippen molar-refractivity contribution < 1.29 is 13.2 Å². The topological polar surface area (TPSA) is 132 Å². The standard InChI is InChI=1S/C17H19ClN4O5S/c1-10-14(16(24)21-17(25)19-10)28(26,27)22-8-2-3-11(9-22)15(23)20-13-6-4-12(18)5-7-13/h4-7,11H,2-3,8-9H2,1H3,(H,20,23)(H2,19,21,24,25)/t11-/m1/s1. The van der Waals surface area contributed by atoms with Crippen LogP contribution in [0.25, 0.3) is 0 Å². The fourth-order valence-electron chi connectivity index (χ4n) is 3.18. The number of aromatic amines is 2. The van der Waals surface area contributed by atoms with Crippen molar-refractivity contribution in [1.82, 2.24) is 14.3 Å². The number of hydrogen-bond donors (Lipinski definition) is 3. The highest BCUT2D eigenvalue weighted by Crippen LogP contribution is 2.24. The van der Waals surface area contributed by atoms with Crippen LogP contribution in [0.15, 0.2) is 38.8 Å². The van der Waals surface area contributed by atoms with Crippen LogP contribution in [0.2, 0.25) is 5.02 Å². The van der Waals surface area contributed by atoms with Gasteiger partial charge in [-0.3, -0.25) is 14.6 Å². The molecule has 0 radical (unpaired) electrons. The van der Waals surface area contributed by atoms with Crippen molar-refractivity contribution in [2.75, 3.05) is 18.4 Å². The number of amides is 1. The lowest BCUT2D eigenvalue weighted by Gasteiger charge is -2.31.